The molecular formula is C16H16N4O2S. The lowest BCUT2D eigenvalue weighted by Gasteiger charge is -2.22. The number of hydrogen-bond donors (Lipinski definition) is 0. The normalized spacial score (nSPS) is 11.6. The molecule has 0 aliphatic heterocycles. The molecule has 7 heteroatoms. The van der Waals surface area contributed by atoms with Gasteiger partial charge in [0.25, 0.3) is 10.0 Å². The quantitative estimate of drug-likeness (QED) is 0.735. The van der Waals surface area contributed by atoms with Crippen molar-refractivity contribution in [2.24, 2.45) is 0 Å². The summed E-state index contributed by atoms with van der Waals surface area (Å²) in [6, 6.07) is 10.3. The lowest BCUT2D eigenvalue weighted by Crippen LogP contribution is -2.31. The third-order valence-corrected chi connectivity index (χ3v) is 5.47. The van der Waals surface area contributed by atoms with Gasteiger partial charge in [-0.15, -0.1) is 5.10 Å². The van der Waals surface area contributed by atoms with E-state index in [-0.39, 0.29) is 11.4 Å². The lowest BCUT2D eigenvalue weighted by atomic mass is 10.2. The number of hydrogen-bond acceptors (Lipinski definition) is 5. The molecule has 3 rings (SSSR count). The van der Waals surface area contributed by atoms with E-state index in [1.54, 1.807) is 56.6 Å². The second kappa shape index (κ2) is 5.92. The molecule has 0 radical (unpaired) electrons. The van der Waals surface area contributed by atoms with Crippen LogP contribution in [0.1, 0.15) is 12.6 Å². The maximum absolute atomic E-state index is 13.1. The van der Waals surface area contributed by atoms with Crippen LogP contribution < -0.4 is 4.31 Å². The molecule has 3 aromatic rings. The molecule has 0 N–H and O–H groups in total. The Morgan fingerprint density at radius 1 is 1.09 bits per heavy atom. The summed E-state index contributed by atoms with van der Waals surface area (Å²) in [5, 5.41) is 9.37. The molecule has 0 atom stereocenters. The van der Waals surface area contributed by atoms with Crippen LogP contribution in [0.3, 0.4) is 0 Å². The van der Waals surface area contributed by atoms with Crippen LogP contribution in [0.4, 0.5) is 5.82 Å². The van der Waals surface area contributed by atoms with Gasteiger partial charge in [-0.3, -0.25) is 4.98 Å². The van der Waals surface area contributed by atoms with E-state index in [1.807, 2.05) is 6.07 Å². The predicted molar refractivity (Wildman–Crippen MR) is 88.7 cm³/mol. The number of pyridine rings is 1. The SMILES string of the molecule is CCN(c1ccc(C)nn1)S(=O)(=O)c1cccc2cnccc12. The van der Waals surface area contributed by atoms with Crippen molar-refractivity contribution >= 4 is 26.6 Å². The highest BCUT2D eigenvalue weighted by atomic mass is 32.2. The van der Waals surface area contributed by atoms with Gasteiger partial charge in [0.15, 0.2) is 5.82 Å². The number of aryl methyl sites for hydroxylation is 1. The summed E-state index contributed by atoms with van der Waals surface area (Å²) >= 11 is 0. The Morgan fingerprint density at radius 3 is 2.61 bits per heavy atom. The van der Waals surface area contributed by atoms with Gasteiger partial charge >= 0.3 is 0 Å². The second-order valence-corrected chi connectivity index (χ2v) is 6.89. The van der Waals surface area contributed by atoms with Gasteiger partial charge in [0.1, 0.15) is 0 Å². The predicted octanol–water partition coefficient (Wildman–Crippen LogP) is 2.55. The molecule has 0 saturated carbocycles. The summed E-state index contributed by atoms with van der Waals surface area (Å²) in [6.45, 7) is 3.84. The van der Waals surface area contributed by atoms with E-state index in [0.29, 0.717) is 11.2 Å². The summed E-state index contributed by atoms with van der Waals surface area (Å²) in [6.07, 6.45) is 3.24. The Bertz CT molecular complexity index is 934. The first-order valence-electron chi connectivity index (χ1n) is 7.20. The van der Waals surface area contributed by atoms with Crippen molar-refractivity contribution in [1.82, 2.24) is 15.2 Å². The number of aromatic nitrogens is 3. The monoisotopic (exact) mass is 328 g/mol. The third-order valence-electron chi connectivity index (χ3n) is 3.54. The fourth-order valence-corrected chi connectivity index (χ4v) is 4.05. The second-order valence-electron chi connectivity index (χ2n) is 5.06. The fraction of sp³-hybridized carbons (Fsp3) is 0.188. The molecule has 0 fully saturated rings. The lowest BCUT2D eigenvalue weighted by molar-refractivity contribution is 0.592. The van der Waals surface area contributed by atoms with Crippen LogP contribution in [0.5, 0.6) is 0 Å². The summed E-state index contributed by atoms with van der Waals surface area (Å²) in [5.41, 5.74) is 0.735. The average molecular weight is 328 g/mol. The number of anilines is 1. The van der Waals surface area contributed by atoms with Crippen LogP contribution in [0.25, 0.3) is 10.8 Å². The zero-order valence-electron chi connectivity index (χ0n) is 12.8. The summed E-state index contributed by atoms with van der Waals surface area (Å²) in [5.74, 6) is 0.309. The average Bonchev–Trinajstić information content (AvgIpc) is 2.56. The smallest absolute Gasteiger partial charge is 0.264 e. The van der Waals surface area contributed by atoms with Gasteiger partial charge in [0, 0.05) is 29.7 Å². The van der Waals surface area contributed by atoms with Crippen molar-refractivity contribution in [2.45, 2.75) is 18.7 Å². The highest BCUT2D eigenvalue weighted by molar-refractivity contribution is 7.93. The minimum absolute atomic E-state index is 0.238. The molecule has 0 aliphatic carbocycles. The minimum atomic E-state index is -3.74. The fourth-order valence-electron chi connectivity index (χ4n) is 2.42. The van der Waals surface area contributed by atoms with Crippen molar-refractivity contribution < 1.29 is 8.42 Å². The molecule has 118 valence electrons. The molecule has 2 aromatic heterocycles. The Labute approximate surface area is 134 Å². The zero-order chi connectivity index (χ0) is 16.4. The van der Waals surface area contributed by atoms with E-state index in [0.717, 1.165) is 11.1 Å². The number of fused-ring (bicyclic) bond motifs is 1. The summed E-state index contributed by atoms with van der Waals surface area (Å²) in [4.78, 5) is 4.28. The molecule has 0 spiro atoms. The summed E-state index contributed by atoms with van der Waals surface area (Å²) < 4.78 is 27.5. The maximum atomic E-state index is 13.1. The third kappa shape index (κ3) is 2.75. The molecule has 1 aromatic carbocycles. The number of sulfonamides is 1. The number of rotatable bonds is 4. The van der Waals surface area contributed by atoms with E-state index >= 15 is 0 Å². The Kier molecular flexibility index (Phi) is 3.96. The first-order valence-corrected chi connectivity index (χ1v) is 8.64. The first kappa shape index (κ1) is 15.4. The van der Waals surface area contributed by atoms with Crippen LogP contribution in [-0.4, -0.2) is 30.1 Å². The Morgan fingerprint density at radius 2 is 1.91 bits per heavy atom. The molecule has 0 bridgehead atoms. The van der Waals surface area contributed by atoms with Gasteiger partial charge in [-0.1, -0.05) is 12.1 Å². The van der Waals surface area contributed by atoms with E-state index in [1.165, 1.54) is 4.31 Å². The van der Waals surface area contributed by atoms with Crippen molar-refractivity contribution in [3.63, 3.8) is 0 Å². The standard InChI is InChI=1S/C16H16N4O2S/c1-3-20(16-8-7-12(2)18-19-16)23(21,22)15-6-4-5-13-11-17-10-9-14(13)15/h4-11H,3H2,1-2H3. The van der Waals surface area contributed by atoms with Crippen molar-refractivity contribution in [3.05, 3.63) is 54.5 Å². The first-order chi connectivity index (χ1) is 11.0. The Balaban J connectivity index is 2.17. The maximum Gasteiger partial charge on any atom is 0.266 e. The van der Waals surface area contributed by atoms with E-state index < -0.39 is 10.0 Å². The van der Waals surface area contributed by atoms with E-state index in [9.17, 15) is 8.42 Å². The van der Waals surface area contributed by atoms with Gasteiger partial charge in [-0.2, -0.15) is 5.10 Å². The largest absolute Gasteiger partial charge is 0.266 e. The topological polar surface area (TPSA) is 76.1 Å². The highest BCUT2D eigenvalue weighted by Gasteiger charge is 2.26. The molecule has 6 nitrogen and oxygen atoms in total. The minimum Gasteiger partial charge on any atom is -0.264 e. The molecule has 0 saturated heterocycles. The van der Waals surface area contributed by atoms with Gasteiger partial charge in [-0.05, 0) is 38.1 Å². The Hall–Kier alpha value is -2.54. The molecule has 0 unspecified atom stereocenters. The van der Waals surface area contributed by atoms with Crippen molar-refractivity contribution in [3.8, 4) is 0 Å². The number of benzene rings is 1. The van der Waals surface area contributed by atoms with Crippen LogP contribution in [-0.2, 0) is 10.0 Å². The van der Waals surface area contributed by atoms with Crippen LogP contribution in [0.2, 0.25) is 0 Å². The van der Waals surface area contributed by atoms with E-state index in [2.05, 4.69) is 15.2 Å². The molecule has 0 amide bonds. The molecular weight excluding hydrogens is 312 g/mol. The van der Waals surface area contributed by atoms with Crippen LogP contribution in [0, 0.1) is 6.92 Å². The molecule has 23 heavy (non-hydrogen) atoms. The highest BCUT2D eigenvalue weighted by Crippen LogP contribution is 2.27. The van der Waals surface area contributed by atoms with Gasteiger partial charge in [-0.25, -0.2) is 12.7 Å². The van der Waals surface area contributed by atoms with Gasteiger partial charge < -0.3 is 0 Å². The van der Waals surface area contributed by atoms with E-state index in [4.69, 9.17) is 0 Å². The van der Waals surface area contributed by atoms with Crippen LogP contribution >= 0.6 is 0 Å². The number of nitrogens with zero attached hydrogens (tertiary/aromatic N) is 4. The van der Waals surface area contributed by atoms with Gasteiger partial charge in [0.2, 0.25) is 0 Å². The van der Waals surface area contributed by atoms with Crippen molar-refractivity contribution in [2.75, 3.05) is 10.8 Å². The molecule has 2 heterocycles. The molecule has 0 aliphatic rings. The summed E-state index contributed by atoms with van der Waals surface area (Å²) in [7, 11) is -3.74. The zero-order valence-corrected chi connectivity index (χ0v) is 13.7. The van der Waals surface area contributed by atoms with Crippen LogP contribution in [0.15, 0.2) is 53.7 Å². The van der Waals surface area contributed by atoms with Gasteiger partial charge in [0.05, 0.1) is 10.6 Å². The van der Waals surface area contributed by atoms with Crippen molar-refractivity contribution in [1.29, 1.82) is 0 Å².